The molecule has 0 aliphatic carbocycles. The molecule has 468 valence electrons. The van der Waals surface area contributed by atoms with Crippen LogP contribution >= 0.6 is 0 Å². The molecule has 0 saturated carbocycles. The predicted molar refractivity (Wildman–Crippen MR) is 362 cm³/mol. The molecule has 0 aliphatic rings. The second kappa shape index (κ2) is 69.5. The summed E-state index contributed by atoms with van der Waals surface area (Å²) in [5.41, 5.74) is 0. The Labute approximate surface area is 511 Å². The van der Waals surface area contributed by atoms with Gasteiger partial charge in [-0.1, -0.05) is 314 Å². The van der Waals surface area contributed by atoms with Crippen LogP contribution in [0.2, 0.25) is 0 Å². The van der Waals surface area contributed by atoms with Crippen molar-refractivity contribution in [3.8, 4) is 0 Å². The Kier molecular flexibility index (Phi) is 65.4. The number of carbonyl (C=O) groups excluding carboxylic acids is 3. The van der Waals surface area contributed by atoms with Crippen LogP contribution in [0.3, 0.4) is 0 Å². The van der Waals surface area contributed by atoms with Gasteiger partial charge in [0.15, 0.2) is 6.10 Å². The summed E-state index contributed by atoms with van der Waals surface area (Å²) in [5.74, 6) is -1.00. The third-order valence-corrected chi connectivity index (χ3v) is 14.0. The van der Waals surface area contributed by atoms with Gasteiger partial charge in [0.05, 0.1) is 0 Å². The quantitative estimate of drug-likeness (QED) is 0.0261. The van der Waals surface area contributed by atoms with E-state index in [4.69, 9.17) is 14.2 Å². The molecule has 0 saturated heterocycles. The van der Waals surface area contributed by atoms with Crippen molar-refractivity contribution >= 4 is 17.9 Å². The minimum Gasteiger partial charge on any atom is -0.462 e. The highest BCUT2D eigenvalue weighted by atomic mass is 16.6. The van der Waals surface area contributed by atoms with Gasteiger partial charge in [-0.2, -0.15) is 0 Å². The SMILES string of the molecule is CC/C=C\C/C=C\C/C=C\C/C=C\C/C=C\C/C=C\C/C=C\C/C=C\C/C=C\CCCCCCCCCC(=O)OCC(COC(=O)CC/C=C\C/C=C\C/C=C\C/C=C\CC)OC(=O)CCCCCCCCCCCCCCCCCCC. The van der Waals surface area contributed by atoms with Crippen LogP contribution in [0.15, 0.2) is 158 Å². The fourth-order valence-corrected chi connectivity index (χ4v) is 9.04. The lowest BCUT2D eigenvalue weighted by Gasteiger charge is -2.18. The molecule has 0 aromatic carbocycles. The Bertz CT molecular complexity index is 1840. The zero-order chi connectivity index (χ0) is 59.9. The maximum Gasteiger partial charge on any atom is 0.306 e. The van der Waals surface area contributed by atoms with Crippen LogP contribution in [-0.4, -0.2) is 37.2 Å². The van der Waals surface area contributed by atoms with Crippen LogP contribution in [0.25, 0.3) is 0 Å². The van der Waals surface area contributed by atoms with Gasteiger partial charge in [0.1, 0.15) is 13.2 Å². The van der Waals surface area contributed by atoms with Crippen molar-refractivity contribution in [3.05, 3.63) is 158 Å². The molecular formula is C77H124O6. The van der Waals surface area contributed by atoms with E-state index in [9.17, 15) is 14.4 Å². The Morgan fingerprint density at radius 1 is 0.253 bits per heavy atom. The van der Waals surface area contributed by atoms with Gasteiger partial charge in [-0.3, -0.25) is 14.4 Å². The number of hydrogen-bond donors (Lipinski definition) is 0. The summed E-state index contributed by atoms with van der Waals surface area (Å²) in [5, 5.41) is 0. The zero-order valence-corrected chi connectivity index (χ0v) is 53.7. The highest BCUT2D eigenvalue weighted by molar-refractivity contribution is 5.71. The second-order valence-electron chi connectivity index (χ2n) is 22.0. The number of allylic oxidation sites excluding steroid dienone is 26. The van der Waals surface area contributed by atoms with Gasteiger partial charge in [-0.05, 0) is 116 Å². The van der Waals surface area contributed by atoms with Crippen molar-refractivity contribution in [1.82, 2.24) is 0 Å². The molecule has 0 amide bonds. The lowest BCUT2D eigenvalue weighted by atomic mass is 10.0. The number of ether oxygens (including phenoxy) is 3. The number of carbonyl (C=O) groups is 3. The van der Waals surface area contributed by atoms with Crippen LogP contribution < -0.4 is 0 Å². The molecule has 0 radical (unpaired) electrons. The molecule has 0 aliphatic heterocycles. The molecule has 0 aromatic rings. The molecule has 0 heterocycles. The van der Waals surface area contributed by atoms with Crippen molar-refractivity contribution < 1.29 is 28.6 Å². The highest BCUT2D eigenvalue weighted by Crippen LogP contribution is 2.16. The van der Waals surface area contributed by atoms with Crippen molar-refractivity contribution in [2.45, 2.75) is 297 Å². The van der Waals surface area contributed by atoms with Gasteiger partial charge >= 0.3 is 17.9 Å². The first-order valence-corrected chi connectivity index (χ1v) is 34.0. The van der Waals surface area contributed by atoms with Gasteiger partial charge in [-0.15, -0.1) is 0 Å². The van der Waals surface area contributed by atoms with Crippen LogP contribution in [0.5, 0.6) is 0 Å². The Hall–Kier alpha value is -4.97. The van der Waals surface area contributed by atoms with Gasteiger partial charge in [0.2, 0.25) is 0 Å². The number of unbranched alkanes of at least 4 members (excludes halogenated alkanes) is 23. The molecule has 83 heavy (non-hydrogen) atoms. The zero-order valence-electron chi connectivity index (χ0n) is 53.7. The van der Waals surface area contributed by atoms with Gasteiger partial charge in [0.25, 0.3) is 0 Å². The van der Waals surface area contributed by atoms with Crippen molar-refractivity contribution in [2.24, 2.45) is 0 Å². The average molecular weight is 1150 g/mol. The second-order valence-corrected chi connectivity index (χ2v) is 22.0. The monoisotopic (exact) mass is 1140 g/mol. The molecule has 0 N–H and O–H groups in total. The van der Waals surface area contributed by atoms with E-state index >= 15 is 0 Å². The van der Waals surface area contributed by atoms with Crippen molar-refractivity contribution in [3.63, 3.8) is 0 Å². The van der Waals surface area contributed by atoms with Crippen LogP contribution in [0.4, 0.5) is 0 Å². The molecule has 0 fully saturated rings. The molecule has 6 heteroatoms. The molecule has 0 aromatic heterocycles. The maximum absolute atomic E-state index is 12.9. The molecule has 0 spiro atoms. The van der Waals surface area contributed by atoms with E-state index in [-0.39, 0.29) is 37.5 Å². The first-order chi connectivity index (χ1) is 41.0. The lowest BCUT2D eigenvalue weighted by molar-refractivity contribution is -0.166. The van der Waals surface area contributed by atoms with E-state index < -0.39 is 6.10 Å². The van der Waals surface area contributed by atoms with Gasteiger partial charge in [-0.25, -0.2) is 0 Å². The first kappa shape index (κ1) is 78.0. The number of hydrogen-bond acceptors (Lipinski definition) is 6. The summed E-state index contributed by atoms with van der Waals surface area (Å²) in [4.78, 5) is 38.3. The molecule has 0 rings (SSSR count). The fraction of sp³-hybridized carbons (Fsp3) is 0.623. The summed E-state index contributed by atoms with van der Waals surface area (Å²) in [7, 11) is 0. The average Bonchev–Trinajstić information content (AvgIpc) is 3.49. The Morgan fingerprint density at radius 3 is 0.807 bits per heavy atom. The summed E-state index contributed by atoms with van der Waals surface area (Å²) in [6, 6.07) is 0. The lowest BCUT2D eigenvalue weighted by Crippen LogP contribution is -2.30. The van der Waals surface area contributed by atoms with Crippen LogP contribution in [0, 0.1) is 0 Å². The third-order valence-electron chi connectivity index (χ3n) is 14.0. The molecule has 1 atom stereocenters. The van der Waals surface area contributed by atoms with E-state index in [1.54, 1.807) is 0 Å². The van der Waals surface area contributed by atoms with E-state index in [0.717, 1.165) is 128 Å². The Morgan fingerprint density at radius 2 is 0.494 bits per heavy atom. The topological polar surface area (TPSA) is 78.9 Å². The summed E-state index contributed by atoms with van der Waals surface area (Å²) >= 11 is 0. The smallest absolute Gasteiger partial charge is 0.306 e. The van der Waals surface area contributed by atoms with E-state index in [1.807, 2.05) is 6.08 Å². The first-order valence-electron chi connectivity index (χ1n) is 34.0. The standard InChI is InChI=1S/C77H124O6/c1-4-7-10-13-16-19-22-25-27-29-30-31-32-33-34-35-36-37-38-39-40-41-42-43-44-45-46-48-49-52-55-58-61-64-67-70-76(79)82-73-74(72-81-75(78)69-66-63-60-57-54-51-24-21-18-15-12-9-6-3)83-77(80)71-68-65-62-59-56-53-50-47-28-26-23-20-17-14-11-8-5-2/h7,9-10,12,16,18-19,21,25,27,30-31,33-34,36-37,39-40,42-43,45-46,51,54,60,63,74H,4-6,8,11,13-15,17,20,22-24,26,28-29,32,35,38,41,44,47-50,52-53,55-59,61-62,64-73H2,1-3H3/b10-7-,12-9-,19-16-,21-18-,27-25-,31-30-,34-33-,37-36-,40-39-,43-42-,46-45-,54-51-,63-60-. The minimum absolute atomic E-state index is 0.109. The van der Waals surface area contributed by atoms with Crippen LogP contribution in [-0.2, 0) is 28.6 Å². The van der Waals surface area contributed by atoms with Gasteiger partial charge < -0.3 is 14.2 Å². The van der Waals surface area contributed by atoms with Crippen molar-refractivity contribution in [2.75, 3.05) is 13.2 Å². The van der Waals surface area contributed by atoms with Crippen molar-refractivity contribution in [1.29, 1.82) is 0 Å². The minimum atomic E-state index is -0.817. The highest BCUT2D eigenvalue weighted by Gasteiger charge is 2.19. The molecule has 1 unspecified atom stereocenters. The number of esters is 3. The Balaban J connectivity index is 4.32. The molecular weight excluding hydrogens is 1020 g/mol. The summed E-state index contributed by atoms with van der Waals surface area (Å²) in [6.07, 6.45) is 101. The van der Waals surface area contributed by atoms with E-state index in [0.29, 0.717) is 19.3 Å². The predicted octanol–water partition coefficient (Wildman–Crippen LogP) is 23.7. The van der Waals surface area contributed by atoms with E-state index in [2.05, 4.69) is 173 Å². The number of rotatable bonds is 60. The fourth-order valence-electron chi connectivity index (χ4n) is 9.04. The largest absolute Gasteiger partial charge is 0.462 e. The van der Waals surface area contributed by atoms with Gasteiger partial charge in [0, 0.05) is 19.3 Å². The molecule has 0 bridgehead atoms. The third kappa shape index (κ3) is 67.7. The maximum atomic E-state index is 12.9. The molecule has 6 nitrogen and oxygen atoms in total. The summed E-state index contributed by atoms with van der Waals surface area (Å²) in [6.45, 7) is 6.35. The normalized spacial score (nSPS) is 13.1. The summed E-state index contributed by atoms with van der Waals surface area (Å²) < 4.78 is 16.8. The van der Waals surface area contributed by atoms with Crippen LogP contribution in [0.1, 0.15) is 290 Å². The van der Waals surface area contributed by atoms with E-state index in [1.165, 1.54) is 116 Å².